The Bertz CT molecular complexity index is 1220. The number of hydrogen-bond acceptors (Lipinski definition) is 5. The quantitative estimate of drug-likeness (QED) is 0.323. The first-order chi connectivity index (χ1) is 20.6. The Morgan fingerprint density at radius 1 is 0.860 bits per heavy atom. The molecule has 1 amide bonds. The molecule has 0 spiro atoms. The van der Waals surface area contributed by atoms with Crippen LogP contribution in [0.15, 0.2) is 36.4 Å². The molecule has 2 aliphatic heterocycles. The molecule has 2 saturated heterocycles. The highest BCUT2D eigenvalue weighted by atomic mass is 35.5. The van der Waals surface area contributed by atoms with Gasteiger partial charge in [0.25, 0.3) is 5.91 Å². The van der Waals surface area contributed by atoms with Crippen molar-refractivity contribution in [3.8, 4) is 0 Å². The number of nitrogens with one attached hydrogen (secondary N) is 1. The molecule has 0 aromatic heterocycles. The highest BCUT2D eigenvalue weighted by Crippen LogP contribution is 2.31. The maximum absolute atomic E-state index is 15.2. The Morgan fingerprint density at radius 3 is 2.21 bits per heavy atom. The summed E-state index contributed by atoms with van der Waals surface area (Å²) in [6.07, 6.45) is 1.78. The van der Waals surface area contributed by atoms with Crippen LogP contribution in [0.1, 0.15) is 54.4 Å². The van der Waals surface area contributed by atoms with Crippen molar-refractivity contribution in [1.29, 1.82) is 0 Å². The SMILES string of the molecule is O=C(Nc1ccc(Cl)cc1N1CCN(CCC(F)(F)F)CC1)c1ccc(CN2CCN(CC3CCCCC3)CC2)cc1F. The van der Waals surface area contributed by atoms with Crippen molar-refractivity contribution in [3.05, 3.63) is 58.4 Å². The van der Waals surface area contributed by atoms with Crippen LogP contribution >= 0.6 is 11.6 Å². The van der Waals surface area contributed by atoms with Gasteiger partial charge in [0.15, 0.2) is 0 Å². The van der Waals surface area contributed by atoms with Gasteiger partial charge in [0.2, 0.25) is 0 Å². The number of rotatable bonds is 9. The molecule has 2 aromatic carbocycles. The van der Waals surface area contributed by atoms with E-state index >= 15 is 4.39 Å². The average molecular weight is 624 g/mol. The molecule has 3 fully saturated rings. The van der Waals surface area contributed by atoms with Crippen LogP contribution in [0.2, 0.25) is 5.02 Å². The second-order valence-electron chi connectivity index (χ2n) is 12.2. The maximum atomic E-state index is 15.2. The third kappa shape index (κ3) is 9.30. The average Bonchev–Trinajstić information content (AvgIpc) is 2.98. The Morgan fingerprint density at radius 2 is 1.53 bits per heavy atom. The van der Waals surface area contributed by atoms with E-state index in [1.807, 2.05) is 11.0 Å². The molecule has 2 aromatic rings. The van der Waals surface area contributed by atoms with E-state index in [4.69, 9.17) is 11.6 Å². The van der Waals surface area contributed by atoms with Crippen LogP contribution in [0.25, 0.3) is 0 Å². The Hall–Kier alpha value is -2.40. The largest absolute Gasteiger partial charge is 0.390 e. The van der Waals surface area contributed by atoms with Crippen molar-refractivity contribution in [1.82, 2.24) is 14.7 Å². The number of carbonyl (C=O) groups is 1. The van der Waals surface area contributed by atoms with Crippen LogP contribution in [0, 0.1) is 11.7 Å². The lowest BCUT2D eigenvalue weighted by molar-refractivity contribution is -0.138. The molecule has 1 aliphatic carbocycles. The fraction of sp³-hybridized carbons (Fsp3) is 0.594. The van der Waals surface area contributed by atoms with E-state index < -0.39 is 24.3 Å². The molecule has 2 heterocycles. The zero-order valence-electron chi connectivity index (χ0n) is 24.6. The Balaban J connectivity index is 1.14. The highest BCUT2D eigenvalue weighted by Gasteiger charge is 2.29. The standard InChI is InChI=1S/C32H42ClF4N5O/c33-26-7-9-29(30(21-26)42-18-16-39(17-19-42)11-10-32(35,36)37)38-31(43)27-8-6-25(20-28(27)34)23-41-14-12-40(13-15-41)22-24-4-2-1-3-5-24/h6-9,20-21,24H,1-5,10-19,22-23H2,(H,38,43). The van der Waals surface area contributed by atoms with E-state index in [9.17, 15) is 18.0 Å². The lowest BCUT2D eigenvalue weighted by atomic mass is 9.89. The van der Waals surface area contributed by atoms with Gasteiger partial charge in [-0.15, -0.1) is 0 Å². The molecular formula is C32H42ClF4N5O. The number of alkyl halides is 3. The first kappa shape index (κ1) is 32.0. The zero-order chi connectivity index (χ0) is 30.4. The number of piperazine rings is 2. The topological polar surface area (TPSA) is 42.1 Å². The Kier molecular flexibility index (Phi) is 10.9. The minimum absolute atomic E-state index is 0.0393. The summed E-state index contributed by atoms with van der Waals surface area (Å²) in [5.74, 6) is -0.300. The molecule has 0 bridgehead atoms. The minimum atomic E-state index is -4.18. The van der Waals surface area contributed by atoms with E-state index in [1.165, 1.54) is 50.8 Å². The molecule has 43 heavy (non-hydrogen) atoms. The van der Waals surface area contributed by atoms with Gasteiger partial charge >= 0.3 is 6.18 Å². The second-order valence-corrected chi connectivity index (χ2v) is 12.6. The summed E-state index contributed by atoms with van der Waals surface area (Å²) in [5.41, 5.74) is 1.94. The molecule has 5 rings (SSSR count). The van der Waals surface area contributed by atoms with Gasteiger partial charge in [-0.1, -0.05) is 36.9 Å². The maximum Gasteiger partial charge on any atom is 0.390 e. The van der Waals surface area contributed by atoms with Crippen molar-refractivity contribution in [2.24, 2.45) is 5.92 Å². The monoisotopic (exact) mass is 623 g/mol. The summed E-state index contributed by atoms with van der Waals surface area (Å²) in [6.45, 7) is 7.66. The molecule has 3 aliphatic rings. The summed E-state index contributed by atoms with van der Waals surface area (Å²) in [7, 11) is 0. The van der Waals surface area contributed by atoms with E-state index in [1.54, 1.807) is 23.1 Å². The first-order valence-electron chi connectivity index (χ1n) is 15.5. The fourth-order valence-corrected chi connectivity index (χ4v) is 6.69. The van der Waals surface area contributed by atoms with Crippen molar-refractivity contribution in [2.45, 2.75) is 51.2 Å². The molecule has 0 atom stereocenters. The van der Waals surface area contributed by atoms with E-state index in [-0.39, 0.29) is 12.1 Å². The fourth-order valence-electron chi connectivity index (χ4n) is 6.52. The number of benzene rings is 2. The molecule has 1 saturated carbocycles. The normalized spacial score (nSPS) is 20.0. The van der Waals surface area contributed by atoms with Crippen LogP contribution in [0.5, 0.6) is 0 Å². The van der Waals surface area contributed by atoms with Crippen molar-refractivity contribution >= 4 is 28.9 Å². The smallest absolute Gasteiger partial charge is 0.367 e. The number of anilines is 2. The summed E-state index contributed by atoms with van der Waals surface area (Å²) < 4.78 is 53.1. The van der Waals surface area contributed by atoms with Gasteiger partial charge in [-0.25, -0.2) is 4.39 Å². The van der Waals surface area contributed by atoms with E-state index in [0.717, 1.165) is 37.7 Å². The molecule has 0 unspecified atom stereocenters. The molecule has 1 N–H and O–H groups in total. The molecule has 0 radical (unpaired) electrons. The summed E-state index contributed by atoms with van der Waals surface area (Å²) >= 11 is 6.25. The zero-order valence-corrected chi connectivity index (χ0v) is 25.4. The number of nitrogens with zero attached hydrogens (tertiary/aromatic N) is 4. The van der Waals surface area contributed by atoms with E-state index in [0.29, 0.717) is 49.1 Å². The lowest BCUT2D eigenvalue weighted by Gasteiger charge is -2.37. The van der Waals surface area contributed by atoms with Crippen LogP contribution in [-0.4, -0.2) is 92.2 Å². The highest BCUT2D eigenvalue weighted by molar-refractivity contribution is 6.31. The summed E-state index contributed by atoms with van der Waals surface area (Å²) in [6, 6.07) is 9.84. The number of carbonyl (C=O) groups excluding carboxylic acids is 1. The van der Waals surface area contributed by atoms with Crippen molar-refractivity contribution < 1.29 is 22.4 Å². The molecule has 236 valence electrons. The van der Waals surface area contributed by atoms with Crippen LogP contribution in [0.3, 0.4) is 0 Å². The molecule has 11 heteroatoms. The lowest BCUT2D eigenvalue weighted by Crippen LogP contribution is -2.47. The predicted octanol–water partition coefficient (Wildman–Crippen LogP) is 6.50. The van der Waals surface area contributed by atoms with Crippen molar-refractivity contribution in [2.75, 3.05) is 75.7 Å². The van der Waals surface area contributed by atoms with E-state index in [2.05, 4.69) is 15.1 Å². The second kappa shape index (κ2) is 14.6. The van der Waals surface area contributed by atoms with Gasteiger partial charge < -0.3 is 15.1 Å². The third-order valence-corrected chi connectivity index (χ3v) is 9.26. The molecule has 6 nitrogen and oxygen atoms in total. The van der Waals surface area contributed by atoms with Crippen LogP contribution in [-0.2, 0) is 6.54 Å². The van der Waals surface area contributed by atoms with Crippen LogP contribution < -0.4 is 10.2 Å². The van der Waals surface area contributed by atoms with Gasteiger partial charge in [0.1, 0.15) is 5.82 Å². The third-order valence-electron chi connectivity index (χ3n) is 9.02. The summed E-state index contributed by atoms with van der Waals surface area (Å²) in [4.78, 5) is 21.8. The number of amides is 1. The van der Waals surface area contributed by atoms with Gasteiger partial charge in [-0.2, -0.15) is 13.2 Å². The number of hydrogen-bond donors (Lipinski definition) is 1. The Labute approximate surface area is 256 Å². The van der Waals surface area contributed by atoms with Crippen LogP contribution in [0.4, 0.5) is 28.9 Å². The van der Waals surface area contributed by atoms with Crippen molar-refractivity contribution in [3.63, 3.8) is 0 Å². The first-order valence-corrected chi connectivity index (χ1v) is 15.9. The molecular weight excluding hydrogens is 582 g/mol. The van der Waals surface area contributed by atoms with Gasteiger partial charge in [0, 0.05) is 77.0 Å². The summed E-state index contributed by atoms with van der Waals surface area (Å²) in [5, 5.41) is 3.30. The van der Waals surface area contributed by atoms with Gasteiger partial charge in [-0.3, -0.25) is 14.6 Å². The minimum Gasteiger partial charge on any atom is -0.367 e. The van der Waals surface area contributed by atoms with Gasteiger partial charge in [0.05, 0.1) is 23.4 Å². The number of halogens is 5. The predicted molar refractivity (Wildman–Crippen MR) is 163 cm³/mol. The van der Waals surface area contributed by atoms with Gasteiger partial charge in [-0.05, 0) is 54.7 Å².